The average Bonchev–Trinajstić information content (AvgIpc) is 3.02. The van der Waals surface area contributed by atoms with Crippen molar-refractivity contribution in [3.05, 3.63) is 30.3 Å². The molecule has 1 fully saturated rings. The van der Waals surface area contributed by atoms with Gasteiger partial charge in [0, 0.05) is 37.3 Å². The molecule has 6 nitrogen and oxygen atoms in total. The average molecular weight is 379 g/mol. The van der Waals surface area contributed by atoms with Gasteiger partial charge in [-0.1, -0.05) is 18.2 Å². The Hall–Kier alpha value is -1.89. The third-order valence-electron chi connectivity index (χ3n) is 3.82. The highest BCUT2D eigenvalue weighted by Gasteiger charge is 2.27. The van der Waals surface area contributed by atoms with Gasteiger partial charge < -0.3 is 20.3 Å². The first kappa shape index (κ1) is 20.4. The smallest absolute Gasteiger partial charge is 0.407 e. The van der Waals surface area contributed by atoms with Gasteiger partial charge in [-0.15, -0.1) is 11.8 Å². The molecule has 26 heavy (non-hydrogen) atoms. The molecule has 1 unspecified atom stereocenters. The van der Waals surface area contributed by atoms with Crippen LogP contribution in [0.25, 0.3) is 0 Å². The van der Waals surface area contributed by atoms with Crippen molar-refractivity contribution in [2.24, 2.45) is 4.99 Å². The van der Waals surface area contributed by atoms with E-state index in [1.54, 1.807) is 7.05 Å². The number of aliphatic imine (C=N–C) groups is 1. The quantitative estimate of drug-likeness (QED) is 0.357. The zero-order valence-corrected chi connectivity index (χ0v) is 16.9. The van der Waals surface area contributed by atoms with Crippen LogP contribution in [0, 0.1) is 0 Å². The van der Waals surface area contributed by atoms with E-state index in [0.717, 1.165) is 37.8 Å². The lowest BCUT2D eigenvalue weighted by Gasteiger charge is -2.23. The topological polar surface area (TPSA) is 66.0 Å². The summed E-state index contributed by atoms with van der Waals surface area (Å²) in [6, 6.07) is 10.5. The predicted octanol–water partition coefficient (Wildman–Crippen LogP) is 2.95. The molecule has 7 heteroatoms. The third-order valence-corrected chi connectivity index (χ3v) is 4.83. The number of guanidine groups is 1. The summed E-state index contributed by atoms with van der Waals surface area (Å²) in [5, 5.41) is 6.35. The van der Waals surface area contributed by atoms with Crippen LogP contribution < -0.4 is 10.6 Å². The second kappa shape index (κ2) is 9.71. The maximum absolute atomic E-state index is 11.9. The summed E-state index contributed by atoms with van der Waals surface area (Å²) in [6.45, 7) is 8.05. The molecule has 1 aliphatic heterocycles. The highest BCUT2D eigenvalue weighted by atomic mass is 32.2. The molecular formula is C19H30N4O2S. The van der Waals surface area contributed by atoms with Gasteiger partial charge in [0.25, 0.3) is 0 Å². The van der Waals surface area contributed by atoms with E-state index in [2.05, 4.69) is 44.8 Å². The highest BCUT2D eigenvalue weighted by Crippen LogP contribution is 2.16. The van der Waals surface area contributed by atoms with Gasteiger partial charge in [0.05, 0.1) is 6.04 Å². The number of hydrogen-bond acceptors (Lipinski definition) is 4. The van der Waals surface area contributed by atoms with E-state index in [4.69, 9.17) is 4.74 Å². The van der Waals surface area contributed by atoms with Crippen LogP contribution in [0.2, 0.25) is 0 Å². The molecule has 0 aromatic heterocycles. The summed E-state index contributed by atoms with van der Waals surface area (Å²) in [7, 11) is 1.79. The molecule has 0 bridgehead atoms. The zero-order valence-electron chi connectivity index (χ0n) is 16.1. The van der Waals surface area contributed by atoms with Crippen LogP contribution in [-0.4, -0.2) is 61.0 Å². The summed E-state index contributed by atoms with van der Waals surface area (Å²) >= 11 is 1.82. The molecule has 1 aromatic carbocycles. The molecule has 144 valence electrons. The second-order valence-electron chi connectivity index (χ2n) is 7.21. The molecule has 1 amide bonds. The molecule has 0 saturated carbocycles. The molecule has 0 radical (unpaired) electrons. The molecule has 1 atom stereocenters. The van der Waals surface area contributed by atoms with E-state index in [9.17, 15) is 4.79 Å². The van der Waals surface area contributed by atoms with Crippen molar-refractivity contribution < 1.29 is 9.53 Å². The minimum atomic E-state index is -0.476. The summed E-state index contributed by atoms with van der Waals surface area (Å²) in [5.41, 5.74) is -0.476. The Morgan fingerprint density at radius 2 is 2.08 bits per heavy atom. The van der Waals surface area contributed by atoms with Crippen molar-refractivity contribution in [3.63, 3.8) is 0 Å². The van der Waals surface area contributed by atoms with Gasteiger partial charge in [0.1, 0.15) is 5.60 Å². The van der Waals surface area contributed by atoms with Crippen LogP contribution in [0.15, 0.2) is 40.2 Å². The van der Waals surface area contributed by atoms with Crippen LogP contribution in [0.3, 0.4) is 0 Å². The van der Waals surface area contributed by atoms with Crippen molar-refractivity contribution in [1.82, 2.24) is 15.5 Å². The summed E-state index contributed by atoms with van der Waals surface area (Å²) < 4.78 is 5.33. The Bertz CT molecular complexity index is 601. The minimum absolute atomic E-state index is 0.0853. The number of carbonyl (C=O) groups is 1. The fourth-order valence-electron chi connectivity index (χ4n) is 2.73. The zero-order chi connectivity index (χ0) is 19.0. The minimum Gasteiger partial charge on any atom is -0.444 e. The maximum atomic E-state index is 11.9. The first-order chi connectivity index (χ1) is 12.4. The number of likely N-dealkylation sites (tertiary alicyclic amines) is 1. The molecule has 1 aromatic rings. The van der Waals surface area contributed by atoms with Crippen LogP contribution in [-0.2, 0) is 4.74 Å². The van der Waals surface area contributed by atoms with Gasteiger partial charge in [-0.2, -0.15) is 0 Å². The van der Waals surface area contributed by atoms with Crippen molar-refractivity contribution in [2.45, 2.75) is 43.7 Å². The van der Waals surface area contributed by atoms with E-state index >= 15 is 0 Å². The Labute approximate surface area is 160 Å². The van der Waals surface area contributed by atoms with Gasteiger partial charge in [0.2, 0.25) is 0 Å². The molecule has 2 N–H and O–H groups in total. The second-order valence-corrected chi connectivity index (χ2v) is 8.38. The van der Waals surface area contributed by atoms with Crippen molar-refractivity contribution in [2.75, 3.05) is 32.4 Å². The molecule has 2 rings (SSSR count). The number of benzene rings is 1. The summed E-state index contributed by atoms with van der Waals surface area (Å²) in [4.78, 5) is 19.7. The van der Waals surface area contributed by atoms with E-state index in [1.807, 2.05) is 38.6 Å². The first-order valence-electron chi connectivity index (χ1n) is 9.00. The van der Waals surface area contributed by atoms with Crippen molar-refractivity contribution in [1.29, 1.82) is 0 Å². The lowest BCUT2D eigenvalue weighted by Crippen LogP contribution is -2.44. The Kier molecular flexibility index (Phi) is 7.63. The number of nitrogens with zero attached hydrogens (tertiary/aromatic N) is 2. The van der Waals surface area contributed by atoms with Crippen LogP contribution in [0.1, 0.15) is 27.2 Å². The molecule has 1 aliphatic rings. The highest BCUT2D eigenvalue weighted by molar-refractivity contribution is 7.99. The van der Waals surface area contributed by atoms with Crippen molar-refractivity contribution in [3.8, 4) is 0 Å². The number of ether oxygens (including phenoxy) is 1. The molecule has 0 spiro atoms. The standard InChI is InChI=1S/C19H30N4O2S/c1-19(2,3)25-18(24)22-15-10-12-23(14-15)17(20-4)21-11-13-26-16-8-6-5-7-9-16/h5-9,15H,10-14H2,1-4H3,(H,20,21)(H,22,24). The fourth-order valence-corrected chi connectivity index (χ4v) is 3.51. The van der Waals surface area contributed by atoms with Gasteiger partial charge in [-0.05, 0) is 39.3 Å². The first-order valence-corrected chi connectivity index (χ1v) is 9.99. The number of rotatable bonds is 5. The molecule has 1 heterocycles. The van der Waals surface area contributed by atoms with E-state index in [0.29, 0.717) is 0 Å². The summed E-state index contributed by atoms with van der Waals surface area (Å²) in [5.74, 6) is 1.85. The number of nitrogens with one attached hydrogen (secondary N) is 2. The third kappa shape index (κ3) is 7.15. The SMILES string of the molecule is CN=C(NCCSc1ccccc1)N1CCC(NC(=O)OC(C)(C)C)C1. The molecule has 0 aliphatic carbocycles. The fraction of sp³-hybridized carbons (Fsp3) is 0.579. The normalized spacial score (nSPS) is 17.9. The van der Waals surface area contributed by atoms with Gasteiger partial charge in [-0.3, -0.25) is 4.99 Å². The van der Waals surface area contributed by atoms with Crippen LogP contribution in [0.4, 0.5) is 4.79 Å². The van der Waals surface area contributed by atoms with Gasteiger partial charge in [-0.25, -0.2) is 4.79 Å². The Morgan fingerprint density at radius 3 is 2.73 bits per heavy atom. The monoisotopic (exact) mass is 378 g/mol. The van der Waals surface area contributed by atoms with Gasteiger partial charge in [0.15, 0.2) is 5.96 Å². The van der Waals surface area contributed by atoms with E-state index in [-0.39, 0.29) is 12.1 Å². The lowest BCUT2D eigenvalue weighted by molar-refractivity contribution is 0.0507. The van der Waals surface area contributed by atoms with Gasteiger partial charge >= 0.3 is 6.09 Å². The van der Waals surface area contributed by atoms with E-state index in [1.165, 1.54) is 4.90 Å². The van der Waals surface area contributed by atoms with Crippen LogP contribution in [0.5, 0.6) is 0 Å². The Morgan fingerprint density at radius 1 is 1.35 bits per heavy atom. The number of carbonyl (C=O) groups excluding carboxylic acids is 1. The van der Waals surface area contributed by atoms with E-state index < -0.39 is 5.60 Å². The number of hydrogen-bond donors (Lipinski definition) is 2. The van der Waals surface area contributed by atoms with Crippen LogP contribution >= 0.6 is 11.8 Å². The Balaban J connectivity index is 1.71. The molecule has 1 saturated heterocycles. The van der Waals surface area contributed by atoms with Crippen molar-refractivity contribution >= 4 is 23.8 Å². The molecular weight excluding hydrogens is 348 g/mol. The number of amides is 1. The summed E-state index contributed by atoms with van der Waals surface area (Å²) in [6.07, 6.45) is 0.533. The largest absolute Gasteiger partial charge is 0.444 e. The number of alkyl carbamates (subject to hydrolysis) is 1. The lowest BCUT2D eigenvalue weighted by atomic mass is 10.2. The number of thioether (sulfide) groups is 1. The predicted molar refractivity (Wildman–Crippen MR) is 108 cm³/mol. The maximum Gasteiger partial charge on any atom is 0.407 e.